The number of alkyl carbamates (subject to hydrolysis) is 1. The first kappa shape index (κ1) is 26.2. The Hall–Kier alpha value is -3.39. The molecule has 3 atom stereocenters. The molecule has 2 N–H and O–H groups in total. The molecule has 0 saturated carbocycles. The van der Waals surface area contributed by atoms with Gasteiger partial charge in [-0.3, -0.25) is 4.79 Å². The summed E-state index contributed by atoms with van der Waals surface area (Å²) in [5, 5.41) is 5.19. The zero-order valence-corrected chi connectivity index (χ0v) is 21.1. The van der Waals surface area contributed by atoms with Gasteiger partial charge in [0, 0.05) is 5.92 Å². The molecule has 0 bridgehead atoms. The zero-order chi connectivity index (χ0) is 25.8. The molecule has 0 spiro atoms. The summed E-state index contributed by atoms with van der Waals surface area (Å²) >= 11 is 0. The van der Waals surface area contributed by atoms with E-state index < -0.39 is 41.8 Å². The van der Waals surface area contributed by atoms with E-state index in [-0.39, 0.29) is 12.5 Å². The number of amides is 2. The van der Waals surface area contributed by atoms with Crippen molar-refractivity contribution in [2.45, 2.75) is 64.3 Å². The molecule has 2 aromatic rings. The van der Waals surface area contributed by atoms with Crippen LogP contribution in [0.5, 0.6) is 0 Å². The highest BCUT2D eigenvalue weighted by atomic mass is 16.6. The Morgan fingerprint density at radius 3 is 1.97 bits per heavy atom. The van der Waals surface area contributed by atoms with Crippen molar-refractivity contribution in [1.82, 2.24) is 10.6 Å². The summed E-state index contributed by atoms with van der Waals surface area (Å²) in [6.45, 7) is 8.85. The second-order valence-electron chi connectivity index (χ2n) is 9.64. The maximum Gasteiger partial charge on any atom is 0.407 e. The molecular formula is C27H34N2O6. The lowest BCUT2D eigenvalue weighted by atomic mass is 9.98. The largest absolute Gasteiger partial charge is 0.467 e. The number of hydrogen-bond donors (Lipinski definition) is 2. The molecule has 0 heterocycles. The minimum Gasteiger partial charge on any atom is -0.467 e. The highest BCUT2D eigenvalue weighted by Crippen LogP contribution is 2.44. The maximum atomic E-state index is 13.0. The summed E-state index contributed by atoms with van der Waals surface area (Å²) in [6, 6.07) is 14.1. The fourth-order valence-electron chi connectivity index (χ4n) is 4.33. The first-order valence-electron chi connectivity index (χ1n) is 11.7. The Morgan fingerprint density at radius 1 is 0.914 bits per heavy atom. The van der Waals surface area contributed by atoms with Crippen molar-refractivity contribution in [2.75, 3.05) is 13.7 Å². The van der Waals surface area contributed by atoms with E-state index in [4.69, 9.17) is 9.47 Å². The monoisotopic (exact) mass is 482 g/mol. The van der Waals surface area contributed by atoms with Crippen LogP contribution in [-0.2, 0) is 23.8 Å². The third-order valence-corrected chi connectivity index (χ3v) is 5.82. The minimum absolute atomic E-state index is 0.108. The van der Waals surface area contributed by atoms with Crippen molar-refractivity contribution >= 4 is 18.0 Å². The van der Waals surface area contributed by atoms with Gasteiger partial charge >= 0.3 is 12.1 Å². The fourth-order valence-corrected chi connectivity index (χ4v) is 4.33. The van der Waals surface area contributed by atoms with Crippen LogP contribution in [-0.4, -0.2) is 55.5 Å². The van der Waals surface area contributed by atoms with Crippen LogP contribution in [0, 0.1) is 0 Å². The molecule has 0 saturated heterocycles. The first-order valence-corrected chi connectivity index (χ1v) is 11.7. The molecule has 8 nitrogen and oxygen atoms in total. The summed E-state index contributed by atoms with van der Waals surface area (Å²) in [4.78, 5) is 37.5. The third kappa shape index (κ3) is 6.39. The van der Waals surface area contributed by atoms with E-state index in [1.54, 1.807) is 6.92 Å². The highest BCUT2D eigenvalue weighted by Gasteiger charge is 2.34. The molecule has 0 aliphatic heterocycles. The minimum atomic E-state index is -1.09. The molecule has 0 radical (unpaired) electrons. The summed E-state index contributed by atoms with van der Waals surface area (Å²) in [5.74, 6) is -1.28. The Balaban J connectivity index is 1.71. The molecule has 188 valence electrons. The molecule has 0 fully saturated rings. The highest BCUT2D eigenvalue weighted by molar-refractivity contribution is 5.90. The van der Waals surface area contributed by atoms with Gasteiger partial charge in [0.25, 0.3) is 0 Å². The topological polar surface area (TPSA) is 103 Å². The number of fused-ring (bicyclic) bond motifs is 3. The van der Waals surface area contributed by atoms with Crippen LogP contribution in [0.2, 0.25) is 0 Å². The number of benzene rings is 2. The van der Waals surface area contributed by atoms with Crippen molar-refractivity contribution in [3.8, 4) is 11.1 Å². The smallest absolute Gasteiger partial charge is 0.407 e. The van der Waals surface area contributed by atoms with Crippen LogP contribution >= 0.6 is 0 Å². The van der Waals surface area contributed by atoms with Gasteiger partial charge in [-0.2, -0.15) is 0 Å². The van der Waals surface area contributed by atoms with Gasteiger partial charge in [-0.15, -0.1) is 0 Å². The molecule has 1 aliphatic rings. The lowest BCUT2D eigenvalue weighted by molar-refractivity contribution is -0.146. The summed E-state index contributed by atoms with van der Waals surface area (Å²) < 4.78 is 16.2. The van der Waals surface area contributed by atoms with Crippen LogP contribution in [0.3, 0.4) is 0 Å². The van der Waals surface area contributed by atoms with Crippen molar-refractivity contribution in [2.24, 2.45) is 0 Å². The average Bonchev–Trinajstić information content (AvgIpc) is 3.13. The SMILES string of the molecule is COC(=O)[C@H](C)NC(=O)[C@@H](NC(=O)OCC1c2ccccc2-c2ccccc21)[C@@H](C)OC(C)(C)C. The molecule has 8 heteroatoms. The Morgan fingerprint density at radius 2 is 1.46 bits per heavy atom. The number of nitrogens with one attached hydrogen (secondary N) is 2. The number of ether oxygens (including phenoxy) is 3. The summed E-state index contributed by atoms with van der Waals surface area (Å²) in [7, 11) is 1.24. The summed E-state index contributed by atoms with van der Waals surface area (Å²) in [5.41, 5.74) is 3.87. The van der Waals surface area contributed by atoms with E-state index in [1.807, 2.05) is 57.2 Å². The molecule has 2 amide bonds. The number of hydrogen-bond acceptors (Lipinski definition) is 6. The van der Waals surface area contributed by atoms with Crippen molar-refractivity contribution < 1.29 is 28.6 Å². The molecule has 3 rings (SSSR count). The van der Waals surface area contributed by atoms with Gasteiger partial charge in [-0.25, -0.2) is 9.59 Å². The van der Waals surface area contributed by atoms with Gasteiger partial charge in [-0.1, -0.05) is 48.5 Å². The Bertz CT molecular complexity index is 1030. The number of carbonyl (C=O) groups excluding carboxylic acids is 3. The predicted molar refractivity (Wildman–Crippen MR) is 132 cm³/mol. The summed E-state index contributed by atoms with van der Waals surface area (Å²) in [6.07, 6.45) is -1.44. The number of esters is 1. The van der Waals surface area contributed by atoms with Crippen LogP contribution in [0.4, 0.5) is 4.79 Å². The molecular weight excluding hydrogens is 448 g/mol. The van der Waals surface area contributed by atoms with E-state index >= 15 is 0 Å². The van der Waals surface area contributed by atoms with Crippen LogP contribution in [0.1, 0.15) is 51.7 Å². The fraction of sp³-hybridized carbons (Fsp3) is 0.444. The first-order chi connectivity index (χ1) is 16.5. The van der Waals surface area contributed by atoms with Gasteiger partial charge in [0.2, 0.25) is 5.91 Å². The molecule has 1 aliphatic carbocycles. The number of rotatable bonds is 8. The van der Waals surface area contributed by atoms with Gasteiger partial charge in [0.05, 0.1) is 18.8 Å². The van der Waals surface area contributed by atoms with E-state index in [0.29, 0.717) is 0 Å². The van der Waals surface area contributed by atoms with Crippen molar-refractivity contribution in [3.05, 3.63) is 59.7 Å². The van der Waals surface area contributed by atoms with E-state index in [9.17, 15) is 14.4 Å². The number of carbonyl (C=O) groups is 3. The Labute approximate surface area is 206 Å². The normalized spacial score (nSPS) is 15.3. The van der Waals surface area contributed by atoms with Gasteiger partial charge in [0.15, 0.2) is 0 Å². The van der Waals surface area contributed by atoms with Crippen LogP contribution < -0.4 is 10.6 Å². The molecule has 0 unspecified atom stereocenters. The van der Waals surface area contributed by atoms with Crippen LogP contribution in [0.15, 0.2) is 48.5 Å². The second kappa shape index (κ2) is 10.9. The maximum absolute atomic E-state index is 13.0. The van der Waals surface area contributed by atoms with Crippen molar-refractivity contribution in [1.29, 1.82) is 0 Å². The van der Waals surface area contributed by atoms with E-state index in [2.05, 4.69) is 27.5 Å². The quantitative estimate of drug-likeness (QED) is 0.555. The average molecular weight is 483 g/mol. The zero-order valence-electron chi connectivity index (χ0n) is 21.1. The van der Waals surface area contributed by atoms with Crippen molar-refractivity contribution in [3.63, 3.8) is 0 Å². The lowest BCUT2D eigenvalue weighted by Gasteiger charge is -2.31. The molecule has 35 heavy (non-hydrogen) atoms. The van der Waals surface area contributed by atoms with Gasteiger partial charge < -0.3 is 24.8 Å². The van der Waals surface area contributed by atoms with Crippen LogP contribution in [0.25, 0.3) is 11.1 Å². The molecule has 0 aromatic heterocycles. The van der Waals surface area contributed by atoms with E-state index in [1.165, 1.54) is 14.0 Å². The second-order valence-corrected chi connectivity index (χ2v) is 9.64. The lowest BCUT2D eigenvalue weighted by Crippen LogP contribution is -2.56. The van der Waals surface area contributed by atoms with Gasteiger partial charge in [-0.05, 0) is 56.9 Å². The third-order valence-electron chi connectivity index (χ3n) is 5.82. The standard InChI is InChI=1S/C27H34N2O6/c1-16(25(31)33-6)28-24(30)23(17(2)35-27(3,4)5)29-26(32)34-15-22-20-13-9-7-11-18(20)19-12-8-10-14-21(19)22/h7-14,16-17,22-23H,15H2,1-6H3,(H,28,30)(H,29,32)/t16-,17+,23-/m0/s1. The van der Waals surface area contributed by atoms with Gasteiger partial charge in [0.1, 0.15) is 18.7 Å². The predicted octanol–water partition coefficient (Wildman–Crippen LogP) is 3.78. The number of methoxy groups -OCH3 is 1. The Kier molecular flexibility index (Phi) is 8.17. The molecule has 2 aromatic carbocycles. The van der Waals surface area contributed by atoms with E-state index in [0.717, 1.165) is 22.3 Å².